The minimum Gasteiger partial charge on any atom is -0.354 e. The number of aromatic nitrogens is 2. The van der Waals surface area contributed by atoms with Gasteiger partial charge in [0, 0.05) is 23.5 Å². The number of halogens is 3. The van der Waals surface area contributed by atoms with Crippen molar-refractivity contribution in [3.63, 3.8) is 0 Å². The largest absolute Gasteiger partial charge is 0.354 e. The first-order chi connectivity index (χ1) is 22.6. The number of fused-ring (bicyclic) bond motifs is 3. The van der Waals surface area contributed by atoms with Gasteiger partial charge in [-0.25, -0.2) is 13.8 Å². The van der Waals surface area contributed by atoms with Gasteiger partial charge in [-0.3, -0.25) is 9.89 Å². The van der Waals surface area contributed by atoms with E-state index in [9.17, 15) is 8.78 Å². The molecule has 1 aliphatic carbocycles. The van der Waals surface area contributed by atoms with Crippen LogP contribution >= 0.6 is 12.4 Å². The Morgan fingerprint density at radius 2 is 1.45 bits per heavy atom. The van der Waals surface area contributed by atoms with E-state index in [-0.39, 0.29) is 24.0 Å². The molecule has 7 rings (SSSR count). The highest BCUT2D eigenvalue weighted by Crippen LogP contribution is 2.40. The van der Waals surface area contributed by atoms with Crippen molar-refractivity contribution in [3.05, 3.63) is 102 Å². The maximum absolute atomic E-state index is 13.9. The highest BCUT2D eigenvalue weighted by molar-refractivity contribution is 5.85. The van der Waals surface area contributed by atoms with E-state index in [1.165, 1.54) is 95.1 Å². The number of nitrogens with zero attached hydrogens (tertiary/aromatic N) is 4. The molecule has 2 fully saturated rings. The molecule has 4 aliphatic rings. The van der Waals surface area contributed by atoms with Crippen LogP contribution in [0.4, 0.5) is 20.2 Å². The molecule has 3 aromatic rings. The predicted octanol–water partition coefficient (Wildman–Crippen LogP) is 9.83. The molecule has 0 atom stereocenters. The van der Waals surface area contributed by atoms with Gasteiger partial charge < -0.3 is 9.88 Å². The van der Waals surface area contributed by atoms with Gasteiger partial charge in [0.2, 0.25) is 0 Å². The molecular formula is C39H44ClF2N5. The van der Waals surface area contributed by atoms with Crippen LogP contribution in [-0.4, -0.2) is 39.6 Å². The second-order valence-electron chi connectivity index (χ2n) is 13.1. The molecule has 2 saturated heterocycles. The summed E-state index contributed by atoms with van der Waals surface area (Å²) < 4.78 is 29.7. The van der Waals surface area contributed by atoms with E-state index in [4.69, 9.17) is 9.98 Å². The molecule has 8 heteroatoms. The van der Waals surface area contributed by atoms with Crippen molar-refractivity contribution in [2.24, 2.45) is 4.99 Å². The molecule has 0 aromatic heterocycles. The minimum absolute atomic E-state index is 0. The van der Waals surface area contributed by atoms with Gasteiger partial charge in [0.05, 0.1) is 33.5 Å². The van der Waals surface area contributed by atoms with Gasteiger partial charge in [-0.15, -0.1) is 12.4 Å². The molecule has 246 valence electrons. The molecule has 0 saturated carbocycles. The van der Waals surface area contributed by atoms with Crippen LogP contribution in [0.3, 0.4) is 0 Å². The van der Waals surface area contributed by atoms with Crippen LogP contribution in [0, 0.1) is 11.6 Å². The van der Waals surface area contributed by atoms with Crippen LogP contribution in [0.25, 0.3) is 28.1 Å². The van der Waals surface area contributed by atoms with Gasteiger partial charge in [0.25, 0.3) is 0 Å². The van der Waals surface area contributed by atoms with E-state index in [0.717, 1.165) is 64.2 Å². The topological polar surface area (TPSA) is 45.5 Å². The van der Waals surface area contributed by atoms with Crippen LogP contribution < -0.4 is 10.7 Å². The van der Waals surface area contributed by atoms with E-state index in [1.807, 2.05) is 30.3 Å². The quantitative estimate of drug-likeness (QED) is 0.120. The van der Waals surface area contributed by atoms with Crippen LogP contribution in [0.2, 0.25) is 0 Å². The molecule has 5 nitrogen and oxygen atoms in total. The van der Waals surface area contributed by atoms with Gasteiger partial charge in [-0.1, -0.05) is 44.2 Å². The monoisotopic (exact) mass is 655 g/mol. The molecule has 0 spiro atoms. The first-order valence-corrected chi connectivity index (χ1v) is 17.1. The summed E-state index contributed by atoms with van der Waals surface area (Å²) >= 11 is 0. The van der Waals surface area contributed by atoms with Crippen molar-refractivity contribution in [1.82, 2.24) is 14.5 Å². The second kappa shape index (κ2) is 15.0. The minimum atomic E-state index is -0.276. The van der Waals surface area contributed by atoms with Crippen LogP contribution in [-0.2, 0) is 0 Å². The van der Waals surface area contributed by atoms with Crippen molar-refractivity contribution >= 4 is 34.8 Å². The number of para-hydroxylation sites is 2. The number of unbranched alkanes of at least 4 members (excludes halogenated alkanes) is 3. The fraction of sp³-hybridized carbons (Fsp3) is 0.385. The number of hydrogen-bond acceptors (Lipinski definition) is 4. The fourth-order valence-electron chi connectivity index (χ4n) is 7.70. The fourth-order valence-corrected chi connectivity index (χ4v) is 7.70. The third-order valence-corrected chi connectivity index (χ3v) is 10.0. The standard InChI is InChI=1S/C39H43F2N5.ClH/c40-29-13-17-31(18-14-29)43-35-27-36-38(46(32-19-15-30(41)16-20-32)37-12-4-3-11-33(37)44-36)28-34(35)42-24-8-2-1-5-21-39-22-6-9-25-45(39)26-10-7-23-39;/h3-4,11-20,27-28,43H,1-2,5-10,21-26H2;1H. The summed E-state index contributed by atoms with van der Waals surface area (Å²) in [4.78, 5) is 12.9. The van der Waals surface area contributed by atoms with Gasteiger partial charge in [-0.2, -0.15) is 0 Å². The number of hydrogen-bond donors (Lipinski definition) is 1. The average Bonchev–Trinajstić information content (AvgIpc) is 3.08. The molecule has 3 aliphatic heterocycles. The summed E-state index contributed by atoms with van der Waals surface area (Å²) in [6, 6.07) is 25.0. The molecule has 3 aromatic carbocycles. The lowest BCUT2D eigenvalue weighted by Gasteiger charge is -2.51. The van der Waals surface area contributed by atoms with Crippen molar-refractivity contribution in [2.75, 3.05) is 25.0 Å². The van der Waals surface area contributed by atoms with Gasteiger partial charge in [0.1, 0.15) is 11.6 Å². The summed E-state index contributed by atoms with van der Waals surface area (Å²) in [6.07, 6.45) is 14.3. The Morgan fingerprint density at radius 3 is 2.19 bits per heavy atom. The first-order valence-electron chi connectivity index (χ1n) is 17.1. The normalized spacial score (nSPS) is 16.6. The highest BCUT2D eigenvalue weighted by Gasteiger charge is 2.39. The zero-order chi connectivity index (χ0) is 31.3. The third kappa shape index (κ3) is 7.37. The van der Waals surface area contributed by atoms with Gasteiger partial charge in [-0.05, 0) is 124 Å². The average molecular weight is 656 g/mol. The number of piperidine rings is 2. The first kappa shape index (κ1) is 33.1. The van der Waals surface area contributed by atoms with Crippen molar-refractivity contribution < 1.29 is 8.78 Å². The molecule has 1 N–H and O–H groups in total. The Labute approximate surface area is 282 Å². The molecule has 0 amide bonds. The Hall–Kier alpha value is -3.81. The van der Waals surface area contributed by atoms with E-state index >= 15 is 0 Å². The Morgan fingerprint density at radius 1 is 0.766 bits per heavy atom. The Balaban J connectivity index is 0.00000386. The van der Waals surface area contributed by atoms with Crippen LogP contribution in [0.15, 0.2) is 89.9 Å². The molecule has 3 heterocycles. The van der Waals surface area contributed by atoms with Crippen LogP contribution in [0.5, 0.6) is 0 Å². The Kier molecular flexibility index (Phi) is 10.5. The third-order valence-electron chi connectivity index (χ3n) is 10.0. The maximum Gasteiger partial charge on any atom is 0.123 e. The van der Waals surface area contributed by atoms with E-state index in [2.05, 4.69) is 20.9 Å². The van der Waals surface area contributed by atoms with Gasteiger partial charge in [0.15, 0.2) is 0 Å². The van der Waals surface area contributed by atoms with E-state index in [0.29, 0.717) is 5.54 Å². The summed E-state index contributed by atoms with van der Waals surface area (Å²) in [5, 5.41) is 4.29. The molecule has 0 unspecified atom stereocenters. The predicted molar refractivity (Wildman–Crippen MR) is 190 cm³/mol. The number of anilines is 2. The SMILES string of the molecule is Cl.Fc1ccc(Nc2cc3nc4ccccc4n(-c4ccc(F)cc4)c-3cc2=NCCCCCCC23CCCCN2CCCC3)cc1. The van der Waals surface area contributed by atoms with E-state index < -0.39 is 0 Å². The van der Waals surface area contributed by atoms with Crippen molar-refractivity contribution in [1.29, 1.82) is 0 Å². The van der Waals surface area contributed by atoms with Crippen LogP contribution in [0.1, 0.15) is 70.6 Å². The lowest BCUT2D eigenvalue weighted by molar-refractivity contribution is 0.00343. The zero-order valence-electron chi connectivity index (χ0n) is 26.9. The Bertz CT molecular complexity index is 1810. The summed E-state index contributed by atoms with van der Waals surface area (Å²) in [5.74, 6) is -0.551. The molecule has 47 heavy (non-hydrogen) atoms. The zero-order valence-corrected chi connectivity index (χ0v) is 27.8. The highest BCUT2D eigenvalue weighted by atomic mass is 35.5. The lowest BCUT2D eigenvalue weighted by Crippen LogP contribution is -2.54. The van der Waals surface area contributed by atoms with Crippen molar-refractivity contribution in [2.45, 2.75) is 76.2 Å². The molecule has 0 bridgehead atoms. The maximum atomic E-state index is 13.9. The molecule has 0 radical (unpaired) electrons. The lowest BCUT2D eigenvalue weighted by atomic mass is 9.76. The smallest absolute Gasteiger partial charge is 0.123 e. The summed E-state index contributed by atoms with van der Waals surface area (Å²) in [6.45, 7) is 3.31. The van der Waals surface area contributed by atoms with Gasteiger partial charge >= 0.3 is 0 Å². The number of benzene rings is 4. The second-order valence-corrected chi connectivity index (χ2v) is 13.1. The number of nitrogens with one attached hydrogen (secondary N) is 1. The molecular weight excluding hydrogens is 612 g/mol. The number of rotatable bonds is 10. The summed E-state index contributed by atoms with van der Waals surface area (Å²) in [5.41, 5.74) is 6.36. The van der Waals surface area contributed by atoms with E-state index in [1.54, 1.807) is 24.3 Å². The van der Waals surface area contributed by atoms with Crippen molar-refractivity contribution in [3.8, 4) is 17.1 Å². The summed E-state index contributed by atoms with van der Waals surface area (Å²) in [7, 11) is 0.